The average molecular weight is 280 g/mol. The first-order chi connectivity index (χ1) is 10.2. The number of hydrogen-bond donors (Lipinski definition) is 1. The fraction of sp³-hybridized carbons (Fsp3) is 0.118. The van der Waals surface area contributed by atoms with Crippen LogP contribution in [0.3, 0.4) is 0 Å². The van der Waals surface area contributed by atoms with E-state index in [4.69, 9.17) is 10.5 Å². The minimum absolute atomic E-state index is 0.0434. The molecule has 0 atom stereocenters. The number of para-hydroxylation sites is 1. The number of nitrogen functional groups attached to an aromatic ring is 1. The predicted molar refractivity (Wildman–Crippen MR) is 84.7 cm³/mol. The minimum Gasteiger partial charge on any atom is -0.496 e. The van der Waals surface area contributed by atoms with Gasteiger partial charge in [0.2, 0.25) is 0 Å². The van der Waals surface area contributed by atoms with Crippen molar-refractivity contribution >= 4 is 16.6 Å². The Bertz CT molecular complexity index is 853. The third-order valence-electron chi connectivity index (χ3n) is 3.53. The van der Waals surface area contributed by atoms with Gasteiger partial charge in [0.05, 0.1) is 19.2 Å². The van der Waals surface area contributed by atoms with Crippen LogP contribution in [0, 0.1) is 0 Å². The van der Waals surface area contributed by atoms with Crippen molar-refractivity contribution < 1.29 is 4.74 Å². The Morgan fingerprint density at radius 3 is 2.71 bits per heavy atom. The first kappa shape index (κ1) is 13.2. The number of nitrogens with two attached hydrogens (primary N) is 1. The molecule has 0 saturated carbocycles. The maximum atomic E-state index is 12.2. The molecule has 0 radical (unpaired) electrons. The number of nitrogens with zero attached hydrogens (tertiary/aromatic N) is 1. The molecule has 0 unspecified atom stereocenters. The van der Waals surface area contributed by atoms with Crippen molar-refractivity contribution in [2.45, 2.75) is 6.54 Å². The van der Waals surface area contributed by atoms with E-state index in [1.54, 1.807) is 23.8 Å². The van der Waals surface area contributed by atoms with Crippen LogP contribution in [0.5, 0.6) is 5.75 Å². The number of hydrogen-bond acceptors (Lipinski definition) is 3. The van der Waals surface area contributed by atoms with Crippen molar-refractivity contribution in [3.63, 3.8) is 0 Å². The van der Waals surface area contributed by atoms with Crippen LogP contribution >= 0.6 is 0 Å². The van der Waals surface area contributed by atoms with Crippen LogP contribution < -0.4 is 16.0 Å². The highest BCUT2D eigenvalue weighted by Crippen LogP contribution is 2.23. The Balaban J connectivity index is 2.16. The minimum atomic E-state index is -0.0434. The normalized spacial score (nSPS) is 10.7. The van der Waals surface area contributed by atoms with Crippen molar-refractivity contribution in [2.75, 3.05) is 12.8 Å². The number of aromatic nitrogens is 1. The summed E-state index contributed by atoms with van der Waals surface area (Å²) in [5, 5.41) is 1.03. The molecule has 1 aromatic heterocycles. The number of benzene rings is 2. The smallest absolute Gasteiger partial charge is 0.251 e. The van der Waals surface area contributed by atoms with E-state index in [1.807, 2.05) is 42.5 Å². The highest BCUT2D eigenvalue weighted by atomic mass is 16.5. The van der Waals surface area contributed by atoms with Crippen LogP contribution in [0.25, 0.3) is 10.9 Å². The molecular formula is C17H16N2O2. The zero-order chi connectivity index (χ0) is 14.8. The largest absolute Gasteiger partial charge is 0.496 e. The van der Waals surface area contributed by atoms with Crippen LogP contribution in [0.15, 0.2) is 59.4 Å². The van der Waals surface area contributed by atoms with Crippen molar-refractivity contribution in [3.8, 4) is 5.75 Å². The van der Waals surface area contributed by atoms with E-state index >= 15 is 0 Å². The highest BCUT2D eigenvalue weighted by Gasteiger charge is 2.08. The number of rotatable bonds is 3. The van der Waals surface area contributed by atoms with Gasteiger partial charge in [-0.3, -0.25) is 4.79 Å². The molecule has 1 heterocycles. The van der Waals surface area contributed by atoms with Gasteiger partial charge < -0.3 is 15.0 Å². The Kier molecular flexibility index (Phi) is 3.36. The van der Waals surface area contributed by atoms with Crippen LogP contribution in [-0.4, -0.2) is 11.7 Å². The molecule has 4 heteroatoms. The zero-order valence-corrected chi connectivity index (χ0v) is 11.7. The Morgan fingerprint density at radius 1 is 1.10 bits per heavy atom. The Morgan fingerprint density at radius 2 is 1.90 bits per heavy atom. The van der Waals surface area contributed by atoms with Crippen molar-refractivity contribution in [1.29, 1.82) is 0 Å². The molecule has 0 fully saturated rings. The molecule has 0 amide bonds. The fourth-order valence-corrected chi connectivity index (χ4v) is 2.50. The monoisotopic (exact) mass is 280 g/mol. The first-order valence-corrected chi connectivity index (χ1v) is 6.70. The fourth-order valence-electron chi connectivity index (χ4n) is 2.50. The lowest BCUT2D eigenvalue weighted by Gasteiger charge is -2.13. The van der Waals surface area contributed by atoms with Gasteiger partial charge in [-0.15, -0.1) is 0 Å². The Labute approximate surface area is 122 Å². The Hall–Kier alpha value is -2.75. The number of fused-ring (bicyclic) bond motifs is 1. The molecular weight excluding hydrogens is 264 g/mol. The zero-order valence-electron chi connectivity index (χ0n) is 11.7. The van der Waals surface area contributed by atoms with Crippen molar-refractivity contribution in [1.82, 2.24) is 4.57 Å². The van der Waals surface area contributed by atoms with Gasteiger partial charge >= 0.3 is 0 Å². The third kappa shape index (κ3) is 2.48. The van der Waals surface area contributed by atoms with E-state index in [0.717, 1.165) is 22.2 Å². The molecule has 2 aromatic carbocycles. The molecule has 2 N–H and O–H groups in total. The van der Waals surface area contributed by atoms with Gasteiger partial charge in [0.15, 0.2) is 0 Å². The molecule has 3 aromatic rings. The SMILES string of the molecule is COc1ccc(N)cc1Cn1c(=O)ccc2ccccc21. The van der Waals surface area contributed by atoms with Crippen LogP contribution in [-0.2, 0) is 6.54 Å². The summed E-state index contributed by atoms with van der Waals surface area (Å²) < 4.78 is 7.08. The lowest BCUT2D eigenvalue weighted by atomic mass is 10.1. The second kappa shape index (κ2) is 5.32. The summed E-state index contributed by atoms with van der Waals surface area (Å²) in [5.74, 6) is 0.726. The number of anilines is 1. The maximum Gasteiger partial charge on any atom is 0.251 e. The predicted octanol–water partition coefficient (Wildman–Crippen LogP) is 2.64. The van der Waals surface area contributed by atoms with Gasteiger partial charge in [-0.25, -0.2) is 0 Å². The molecule has 21 heavy (non-hydrogen) atoms. The lowest BCUT2D eigenvalue weighted by Crippen LogP contribution is -2.20. The van der Waals surface area contributed by atoms with Crippen molar-refractivity contribution in [2.24, 2.45) is 0 Å². The average Bonchev–Trinajstić information content (AvgIpc) is 2.50. The van der Waals surface area contributed by atoms with E-state index in [-0.39, 0.29) is 5.56 Å². The lowest BCUT2D eigenvalue weighted by molar-refractivity contribution is 0.408. The molecule has 0 bridgehead atoms. The number of methoxy groups -OCH3 is 1. The molecule has 0 spiro atoms. The van der Waals surface area contributed by atoms with E-state index < -0.39 is 0 Å². The highest BCUT2D eigenvalue weighted by molar-refractivity contribution is 5.78. The molecule has 0 saturated heterocycles. The quantitative estimate of drug-likeness (QED) is 0.750. The summed E-state index contributed by atoms with van der Waals surface area (Å²) in [6.45, 7) is 0.425. The summed E-state index contributed by atoms with van der Waals surface area (Å²) in [4.78, 5) is 12.2. The summed E-state index contributed by atoms with van der Waals surface area (Å²) in [7, 11) is 1.61. The van der Waals surface area contributed by atoms with Gasteiger partial charge in [0, 0.05) is 17.3 Å². The second-order valence-corrected chi connectivity index (χ2v) is 4.89. The second-order valence-electron chi connectivity index (χ2n) is 4.89. The van der Waals surface area contributed by atoms with E-state index in [0.29, 0.717) is 12.2 Å². The molecule has 0 aliphatic heterocycles. The summed E-state index contributed by atoms with van der Waals surface area (Å²) in [6.07, 6.45) is 0. The van der Waals surface area contributed by atoms with E-state index in [2.05, 4.69) is 0 Å². The first-order valence-electron chi connectivity index (χ1n) is 6.70. The summed E-state index contributed by atoms with van der Waals surface area (Å²) in [6, 6.07) is 16.7. The third-order valence-corrected chi connectivity index (χ3v) is 3.53. The standard InChI is InChI=1S/C17H16N2O2/c1-21-16-8-7-14(18)10-13(16)11-19-15-5-3-2-4-12(15)6-9-17(19)20/h2-10H,11,18H2,1H3. The van der Waals surface area contributed by atoms with Crippen LogP contribution in [0.2, 0.25) is 0 Å². The number of pyridine rings is 1. The van der Waals surface area contributed by atoms with E-state index in [9.17, 15) is 4.79 Å². The summed E-state index contributed by atoms with van der Waals surface area (Å²) in [5.41, 5.74) is 8.23. The molecule has 4 nitrogen and oxygen atoms in total. The van der Waals surface area contributed by atoms with E-state index in [1.165, 1.54) is 0 Å². The van der Waals surface area contributed by atoms with Gasteiger partial charge in [-0.1, -0.05) is 18.2 Å². The molecule has 0 aliphatic carbocycles. The topological polar surface area (TPSA) is 57.2 Å². The van der Waals surface area contributed by atoms with Gasteiger partial charge in [-0.2, -0.15) is 0 Å². The van der Waals surface area contributed by atoms with Gasteiger partial charge in [-0.05, 0) is 35.7 Å². The maximum absolute atomic E-state index is 12.2. The van der Waals surface area contributed by atoms with Gasteiger partial charge in [0.25, 0.3) is 5.56 Å². The van der Waals surface area contributed by atoms with Crippen LogP contribution in [0.4, 0.5) is 5.69 Å². The molecule has 106 valence electrons. The number of ether oxygens (including phenoxy) is 1. The molecule has 0 aliphatic rings. The summed E-state index contributed by atoms with van der Waals surface area (Å²) >= 11 is 0. The van der Waals surface area contributed by atoms with Crippen molar-refractivity contribution in [3.05, 3.63) is 70.5 Å². The van der Waals surface area contributed by atoms with Crippen LogP contribution in [0.1, 0.15) is 5.56 Å². The molecule has 3 rings (SSSR count). The van der Waals surface area contributed by atoms with Gasteiger partial charge in [0.1, 0.15) is 5.75 Å².